The topological polar surface area (TPSA) is 54.5 Å². The number of nitrogens with zero attached hydrogens (tertiary/aromatic N) is 2. The van der Waals surface area contributed by atoms with Crippen molar-refractivity contribution in [3.8, 4) is 5.88 Å². The third-order valence-corrected chi connectivity index (χ3v) is 4.03. The third kappa shape index (κ3) is 6.02. The lowest BCUT2D eigenvalue weighted by Crippen LogP contribution is -2.31. The number of fused-ring (bicyclic) bond motifs is 1. The summed E-state index contributed by atoms with van der Waals surface area (Å²) in [6, 6.07) is 9.44. The van der Waals surface area contributed by atoms with E-state index in [1.807, 2.05) is 43.3 Å². The quantitative estimate of drug-likeness (QED) is 0.671. The number of para-hydroxylation sites is 1. The summed E-state index contributed by atoms with van der Waals surface area (Å²) in [5.74, 6) is 0.434. The zero-order valence-corrected chi connectivity index (χ0v) is 15.5. The number of carbonyl (C=O) groups excluding carboxylic acids is 1. The molecule has 0 fully saturated rings. The second kappa shape index (κ2) is 9.99. The lowest BCUT2D eigenvalue weighted by molar-refractivity contribution is 0.0952. The molecule has 0 aliphatic carbocycles. The molecule has 1 aromatic heterocycles. The minimum Gasteiger partial charge on any atom is -0.478 e. The predicted molar refractivity (Wildman–Crippen MR) is 102 cm³/mol. The molecule has 0 aliphatic heterocycles. The molecule has 5 nitrogen and oxygen atoms in total. The molecular weight excluding hydrogens is 314 g/mol. The number of hydrogen-bond donors (Lipinski definition) is 1. The van der Waals surface area contributed by atoms with Gasteiger partial charge < -0.3 is 15.0 Å². The maximum atomic E-state index is 12.6. The number of aromatic nitrogens is 1. The molecule has 0 bridgehead atoms. The first-order valence-electron chi connectivity index (χ1n) is 9.07. The number of likely N-dealkylation sites (N-methyl/N-ethyl adjacent to an activating group) is 1. The van der Waals surface area contributed by atoms with Crippen molar-refractivity contribution in [3.63, 3.8) is 0 Å². The first-order chi connectivity index (χ1) is 12.1. The number of unbranched alkanes of at least 4 members (excludes halogenated alkanes) is 3. The van der Waals surface area contributed by atoms with E-state index in [-0.39, 0.29) is 5.91 Å². The van der Waals surface area contributed by atoms with Crippen molar-refractivity contribution < 1.29 is 9.53 Å². The lowest BCUT2D eigenvalue weighted by atomic mass is 10.1. The molecule has 1 heterocycles. The summed E-state index contributed by atoms with van der Waals surface area (Å²) in [5, 5.41) is 3.82. The highest BCUT2D eigenvalue weighted by atomic mass is 16.5. The van der Waals surface area contributed by atoms with E-state index in [9.17, 15) is 4.79 Å². The van der Waals surface area contributed by atoms with Gasteiger partial charge in [0.05, 0.1) is 17.7 Å². The molecule has 0 atom stereocenters. The van der Waals surface area contributed by atoms with Gasteiger partial charge in [-0.3, -0.25) is 4.79 Å². The largest absolute Gasteiger partial charge is 0.478 e. The fraction of sp³-hybridized carbons (Fsp3) is 0.500. The number of nitrogens with one attached hydrogen (secondary N) is 1. The van der Waals surface area contributed by atoms with Gasteiger partial charge in [-0.1, -0.05) is 44.4 Å². The van der Waals surface area contributed by atoms with Crippen LogP contribution in [0.1, 0.15) is 43.0 Å². The number of pyridine rings is 1. The monoisotopic (exact) mass is 343 g/mol. The van der Waals surface area contributed by atoms with Crippen molar-refractivity contribution >= 4 is 16.8 Å². The maximum absolute atomic E-state index is 12.6. The van der Waals surface area contributed by atoms with Crippen molar-refractivity contribution in [2.45, 2.75) is 32.6 Å². The number of hydrogen-bond acceptors (Lipinski definition) is 4. The Balaban J connectivity index is 2.11. The van der Waals surface area contributed by atoms with Crippen molar-refractivity contribution in [2.75, 3.05) is 33.8 Å². The van der Waals surface area contributed by atoms with Gasteiger partial charge in [0.2, 0.25) is 5.88 Å². The smallest absolute Gasteiger partial charge is 0.252 e. The van der Waals surface area contributed by atoms with E-state index < -0.39 is 0 Å². The van der Waals surface area contributed by atoms with Gasteiger partial charge in [0.25, 0.3) is 5.91 Å². The molecular formula is C20H29N3O2. The van der Waals surface area contributed by atoms with E-state index in [1.54, 1.807) is 6.07 Å². The van der Waals surface area contributed by atoms with Crippen LogP contribution in [0, 0.1) is 0 Å². The lowest BCUT2D eigenvalue weighted by Gasteiger charge is -2.13. The Hall–Kier alpha value is -2.14. The van der Waals surface area contributed by atoms with Crippen molar-refractivity contribution in [2.24, 2.45) is 0 Å². The Labute approximate surface area is 150 Å². The number of rotatable bonds is 10. The first-order valence-corrected chi connectivity index (χ1v) is 9.07. The average Bonchev–Trinajstić information content (AvgIpc) is 2.60. The summed E-state index contributed by atoms with van der Waals surface area (Å²) in [5.41, 5.74) is 1.40. The molecule has 0 aliphatic rings. The zero-order chi connectivity index (χ0) is 18.1. The highest BCUT2D eigenvalue weighted by Crippen LogP contribution is 2.22. The number of amides is 1. The van der Waals surface area contributed by atoms with Crippen molar-refractivity contribution in [3.05, 3.63) is 35.9 Å². The van der Waals surface area contributed by atoms with Crippen LogP contribution in [0.3, 0.4) is 0 Å². The molecule has 2 rings (SSSR count). The molecule has 1 N–H and O–H groups in total. The van der Waals surface area contributed by atoms with Gasteiger partial charge >= 0.3 is 0 Å². The van der Waals surface area contributed by atoms with Crippen LogP contribution >= 0.6 is 0 Å². The van der Waals surface area contributed by atoms with Crippen LogP contribution in [-0.4, -0.2) is 49.6 Å². The van der Waals surface area contributed by atoms with E-state index in [0.29, 0.717) is 24.6 Å². The van der Waals surface area contributed by atoms with Crippen molar-refractivity contribution in [1.82, 2.24) is 15.2 Å². The second-order valence-electron chi connectivity index (χ2n) is 6.49. The average molecular weight is 343 g/mol. The Kier molecular flexibility index (Phi) is 7.67. The minimum absolute atomic E-state index is 0.0868. The SMILES string of the molecule is CCCCCCOc1cc(C(=O)NCCN(C)C)c2ccccc2n1. The molecule has 0 unspecified atom stereocenters. The Bertz CT molecular complexity index is 686. The van der Waals surface area contributed by atoms with Crippen LogP contribution in [0.5, 0.6) is 5.88 Å². The summed E-state index contributed by atoms with van der Waals surface area (Å²) >= 11 is 0. The molecule has 2 aromatic rings. The van der Waals surface area contributed by atoms with Gasteiger partial charge in [-0.25, -0.2) is 4.98 Å². The Morgan fingerprint density at radius 1 is 1.20 bits per heavy atom. The van der Waals surface area contributed by atoms with Crippen LogP contribution in [0.4, 0.5) is 0 Å². The zero-order valence-electron chi connectivity index (χ0n) is 15.5. The van der Waals surface area contributed by atoms with Crippen LogP contribution in [-0.2, 0) is 0 Å². The highest BCUT2D eigenvalue weighted by molar-refractivity contribution is 6.06. The number of benzene rings is 1. The normalized spacial score (nSPS) is 11.0. The molecule has 0 saturated carbocycles. The summed E-state index contributed by atoms with van der Waals surface area (Å²) in [7, 11) is 3.97. The number of ether oxygens (including phenoxy) is 1. The van der Waals surface area contributed by atoms with Crippen LogP contribution in [0.2, 0.25) is 0 Å². The van der Waals surface area contributed by atoms with Gasteiger partial charge in [-0.05, 0) is 26.6 Å². The summed E-state index contributed by atoms with van der Waals surface area (Å²) in [6.07, 6.45) is 4.58. The van der Waals surface area contributed by atoms with Gasteiger partial charge in [-0.2, -0.15) is 0 Å². The minimum atomic E-state index is -0.0868. The molecule has 0 radical (unpaired) electrons. The molecule has 5 heteroatoms. The predicted octanol–water partition coefficient (Wildman–Crippen LogP) is 3.49. The van der Waals surface area contributed by atoms with Gasteiger partial charge in [0, 0.05) is 24.5 Å². The summed E-state index contributed by atoms with van der Waals surface area (Å²) in [4.78, 5) is 19.2. The first kappa shape index (κ1) is 19.2. The third-order valence-electron chi connectivity index (χ3n) is 4.03. The molecule has 1 amide bonds. The van der Waals surface area contributed by atoms with Crippen molar-refractivity contribution in [1.29, 1.82) is 0 Å². The van der Waals surface area contributed by atoms with E-state index >= 15 is 0 Å². The van der Waals surface area contributed by atoms with Crippen LogP contribution in [0.15, 0.2) is 30.3 Å². The Morgan fingerprint density at radius 2 is 2.00 bits per heavy atom. The van der Waals surface area contributed by atoms with E-state index in [1.165, 1.54) is 12.8 Å². The fourth-order valence-electron chi connectivity index (χ4n) is 2.61. The van der Waals surface area contributed by atoms with E-state index in [0.717, 1.165) is 30.3 Å². The molecule has 0 spiro atoms. The van der Waals surface area contributed by atoms with E-state index in [2.05, 4.69) is 17.2 Å². The molecule has 1 aromatic carbocycles. The standard InChI is InChI=1S/C20H29N3O2/c1-4-5-6-9-14-25-19-15-17(20(24)21-12-13-23(2)3)16-10-7-8-11-18(16)22-19/h7-8,10-11,15H,4-6,9,12-14H2,1-3H3,(H,21,24). The highest BCUT2D eigenvalue weighted by Gasteiger charge is 2.13. The van der Waals surface area contributed by atoms with Crippen LogP contribution < -0.4 is 10.1 Å². The van der Waals surface area contributed by atoms with E-state index in [4.69, 9.17) is 4.74 Å². The second-order valence-corrected chi connectivity index (χ2v) is 6.49. The van der Waals surface area contributed by atoms with Gasteiger partial charge in [0.15, 0.2) is 0 Å². The van der Waals surface area contributed by atoms with Crippen LogP contribution in [0.25, 0.3) is 10.9 Å². The fourth-order valence-corrected chi connectivity index (χ4v) is 2.61. The van der Waals surface area contributed by atoms with Gasteiger partial charge in [0.1, 0.15) is 0 Å². The summed E-state index contributed by atoms with van der Waals surface area (Å²) < 4.78 is 5.79. The molecule has 136 valence electrons. The number of carbonyl (C=O) groups is 1. The van der Waals surface area contributed by atoms with Gasteiger partial charge in [-0.15, -0.1) is 0 Å². The maximum Gasteiger partial charge on any atom is 0.252 e. The molecule has 25 heavy (non-hydrogen) atoms. The Morgan fingerprint density at radius 3 is 2.76 bits per heavy atom. The molecule has 0 saturated heterocycles. The summed E-state index contributed by atoms with van der Waals surface area (Å²) in [6.45, 7) is 4.23.